The number of benzene rings is 1. The summed E-state index contributed by atoms with van der Waals surface area (Å²) in [5, 5.41) is 3.41. The minimum Gasteiger partial charge on any atom is -0.497 e. The van der Waals surface area contributed by atoms with Crippen molar-refractivity contribution in [1.29, 1.82) is 0 Å². The van der Waals surface area contributed by atoms with Crippen LogP contribution in [0.4, 0.5) is 0 Å². The van der Waals surface area contributed by atoms with Crippen molar-refractivity contribution >= 4 is 24.8 Å². The second-order valence-electron chi connectivity index (χ2n) is 5.61. The lowest BCUT2D eigenvalue weighted by Gasteiger charge is -2.35. The lowest BCUT2D eigenvalue weighted by atomic mass is 9.97. The molecule has 0 aromatic heterocycles. The Kier molecular flexibility index (Phi) is 10.3. The van der Waals surface area contributed by atoms with Gasteiger partial charge in [0.05, 0.1) is 14.2 Å². The largest absolute Gasteiger partial charge is 0.497 e. The molecule has 23 heavy (non-hydrogen) atoms. The van der Waals surface area contributed by atoms with Crippen LogP contribution in [-0.2, 0) is 0 Å². The van der Waals surface area contributed by atoms with Crippen molar-refractivity contribution in [3.63, 3.8) is 0 Å². The number of hydrogen-bond acceptors (Lipinski definition) is 4. The summed E-state index contributed by atoms with van der Waals surface area (Å²) >= 11 is 0. The Balaban J connectivity index is 0.00000242. The van der Waals surface area contributed by atoms with Gasteiger partial charge in [-0.2, -0.15) is 0 Å². The quantitative estimate of drug-likeness (QED) is 0.785. The maximum Gasteiger partial charge on any atom is 0.122 e. The van der Waals surface area contributed by atoms with Crippen LogP contribution in [0.5, 0.6) is 11.5 Å². The summed E-state index contributed by atoms with van der Waals surface area (Å²) in [6.07, 6.45) is 0.955. The standard InChI is InChI=1S/C17H26N2O2.2ClH/c1-13(2)9-17(19-7-5-18-6-8-19)14-10-15(20-3)12-16(11-14)21-4;;/h10-12,17-18H,1,5-9H2,2-4H3;2*1H/t17-;;/m1../s1. The minimum absolute atomic E-state index is 0. The molecular formula is C17H28Cl2N2O2. The van der Waals surface area contributed by atoms with Gasteiger partial charge in [0.2, 0.25) is 0 Å². The molecule has 1 heterocycles. The van der Waals surface area contributed by atoms with Crippen molar-refractivity contribution in [3.05, 3.63) is 35.9 Å². The second kappa shape index (κ2) is 10.8. The molecule has 0 bridgehead atoms. The van der Waals surface area contributed by atoms with E-state index in [0.29, 0.717) is 6.04 Å². The molecule has 1 aromatic carbocycles. The molecule has 0 spiro atoms. The van der Waals surface area contributed by atoms with Crippen molar-refractivity contribution in [1.82, 2.24) is 10.2 Å². The molecule has 4 nitrogen and oxygen atoms in total. The average molecular weight is 363 g/mol. The summed E-state index contributed by atoms with van der Waals surface area (Å²) in [5.41, 5.74) is 2.43. The predicted molar refractivity (Wildman–Crippen MR) is 101 cm³/mol. The van der Waals surface area contributed by atoms with E-state index >= 15 is 0 Å². The maximum atomic E-state index is 5.41. The first-order valence-electron chi connectivity index (χ1n) is 7.46. The zero-order chi connectivity index (χ0) is 15.2. The van der Waals surface area contributed by atoms with Gasteiger partial charge in [-0.25, -0.2) is 0 Å². The normalized spacial score (nSPS) is 15.8. The van der Waals surface area contributed by atoms with Crippen molar-refractivity contribution in [2.24, 2.45) is 0 Å². The molecule has 0 unspecified atom stereocenters. The van der Waals surface area contributed by atoms with Crippen LogP contribution >= 0.6 is 24.8 Å². The molecule has 1 N–H and O–H groups in total. The molecule has 2 rings (SSSR count). The molecule has 6 heteroatoms. The van der Waals surface area contributed by atoms with Gasteiger partial charge in [0.1, 0.15) is 11.5 Å². The number of hydrogen-bond donors (Lipinski definition) is 1. The molecule has 132 valence electrons. The van der Waals surface area contributed by atoms with Gasteiger partial charge in [-0.1, -0.05) is 5.57 Å². The number of rotatable bonds is 6. The number of nitrogens with one attached hydrogen (secondary N) is 1. The van der Waals surface area contributed by atoms with E-state index in [2.05, 4.69) is 35.9 Å². The van der Waals surface area contributed by atoms with E-state index in [0.717, 1.165) is 44.1 Å². The zero-order valence-corrected chi connectivity index (χ0v) is 15.8. The molecule has 1 aliphatic rings. The first kappa shape index (κ1) is 22.1. The second-order valence-corrected chi connectivity index (χ2v) is 5.61. The van der Waals surface area contributed by atoms with Crippen LogP contribution in [0.25, 0.3) is 0 Å². The summed E-state index contributed by atoms with van der Waals surface area (Å²) in [6.45, 7) is 10.4. The van der Waals surface area contributed by atoms with Gasteiger partial charge >= 0.3 is 0 Å². The third kappa shape index (κ3) is 6.22. The number of piperazine rings is 1. The molecule has 0 radical (unpaired) electrons. The molecule has 0 saturated carbocycles. The highest BCUT2D eigenvalue weighted by Crippen LogP contribution is 2.33. The van der Waals surface area contributed by atoms with E-state index in [-0.39, 0.29) is 24.8 Å². The van der Waals surface area contributed by atoms with Crippen molar-refractivity contribution in [2.45, 2.75) is 19.4 Å². The number of nitrogens with zero attached hydrogens (tertiary/aromatic N) is 1. The molecule has 0 amide bonds. The first-order chi connectivity index (χ1) is 10.1. The molecule has 1 atom stereocenters. The third-order valence-electron chi connectivity index (χ3n) is 3.89. The van der Waals surface area contributed by atoms with Gasteiger partial charge in [0.25, 0.3) is 0 Å². The summed E-state index contributed by atoms with van der Waals surface area (Å²) in [4.78, 5) is 2.51. The van der Waals surface area contributed by atoms with E-state index in [1.165, 1.54) is 11.1 Å². The third-order valence-corrected chi connectivity index (χ3v) is 3.89. The van der Waals surface area contributed by atoms with Crippen LogP contribution in [0, 0.1) is 0 Å². The number of halogens is 2. The Hall–Kier alpha value is -0.940. The first-order valence-corrected chi connectivity index (χ1v) is 7.46. The van der Waals surface area contributed by atoms with E-state index in [9.17, 15) is 0 Å². The topological polar surface area (TPSA) is 33.7 Å². The van der Waals surface area contributed by atoms with Crippen LogP contribution in [-0.4, -0.2) is 45.3 Å². The van der Waals surface area contributed by atoms with Gasteiger partial charge in [0, 0.05) is 38.3 Å². The van der Waals surface area contributed by atoms with Crippen LogP contribution in [0.1, 0.15) is 24.9 Å². The fraction of sp³-hybridized carbons (Fsp3) is 0.529. The highest BCUT2D eigenvalue weighted by molar-refractivity contribution is 5.85. The van der Waals surface area contributed by atoms with Gasteiger partial charge in [-0.15, -0.1) is 31.4 Å². The van der Waals surface area contributed by atoms with Crippen molar-refractivity contribution < 1.29 is 9.47 Å². The predicted octanol–water partition coefficient (Wildman–Crippen LogP) is 3.46. The van der Waals surface area contributed by atoms with E-state index < -0.39 is 0 Å². The number of ether oxygens (including phenoxy) is 2. The molecule has 1 saturated heterocycles. The van der Waals surface area contributed by atoms with Gasteiger partial charge < -0.3 is 14.8 Å². The van der Waals surface area contributed by atoms with Crippen LogP contribution in [0.15, 0.2) is 30.4 Å². The van der Waals surface area contributed by atoms with Crippen molar-refractivity contribution in [3.8, 4) is 11.5 Å². The molecule has 1 aliphatic heterocycles. The summed E-state index contributed by atoms with van der Waals surface area (Å²) in [6, 6.07) is 6.46. The summed E-state index contributed by atoms with van der Waals surface area (Å²) < 4.78 is 10.8. The van der Waals surface area contributed by atoms with E-state index in [1.807, 2.05) is 6.07 Å². The lowest BCUT2D eigenvalue weighted by molar-refractivity contribution is 0.172. The summed E-state index contributed by atoms with van der Waals surface area (Å²) in [5.74, 6) is 1.68. The lowest BCUT2D eigenvalue weighted by Crippen LogP contribution is -2.45. The zero-order valence-electron chi connectivity index (χ0n) is 14.1. The fourth-order valence-electron chi connectivity index (χ4n) is 2.80. The number of methoxy groups -OCH3 is 2. The smallest absolute Gasteiger partial charge is 0.122 e. The summed E-state index contributed by atoms with van der Waals surface area (Å²) in [7, 11) is 3.38. The monoisotopic (exact) mass is 362 g/mol. The van der Waals surface area contributed by atoms with E-state index in [1.54, 1.807) is 14.2 Å². The fourth-order valence-corrected chi connectivity index (χ4v) is 2.80. The Bertz CT molecular complexity index is 469. The Morgan fingerprint density at radius 1 is 1.13 bits per heavy atom. The minimum atomic E-state index is 0. The highest BCUT2D eigenvalue weighted by atomic mass is 35.5. The van der Waals surface area contributed by atoms with Crippen LogP contribution in [0.2, 0.25) is 0 Å². The molecule has 1 aromatic rings. The van der Waals surface area contributed by atoms with Gasteiger partial charge in [-0.05, 0) is 31.0 Å². The van der Waals surface area contributed by atoms with Crippen molar-refractivity contribution in [2.75, 3.05) is 40.4 Å². The van der Waals surface area contributed by atoms with Crippen LogP contribution < -0.4 is 14.8 Å². The van der Waals surface area contributed by atoms with Gasteiger partial charge in [-0.3, -0.25) is 4.90 Å². The average Bonchev–Trinajstić information content (AvgIpc) is 2.52. The Labute approximate surface area is 152 Å². The highest BCUT2D eigenvalue weighted by Gasteiger charge is 2.23. The maximum absolute atomic E-state index is 5.41. The molecule has 0 aliphatic carbocycles. The molecular weight excluding hydrogens is 335 g/mol. The molecule has 1 fully saturated rings. The Morgan fingerprint density at radius 2 is 1.65 bits per heavy atom. The van der Waals surface area contributed by atoms with Crippen LogP contribution in [0.3, 0.4) is 0 Å². The van der Waals surface area contributed by atoms with Gasteiger partial charge in [0.15, 0.2) is 0 Å². The Morgan fingerprint density at radius 3 is 2.09 bits per heavy atom. The van der Waals surface area contributed by atoms with E-state index in [4.69, 9.17) is 9.47 Å². The SMILES string of the molecule is C=C(C)C[C@H](c1cc(OC)cc(OC)c1)N1CCNCC1.Cl.Cl.